The SMILES string of the molecule is CCCCCCCCCCNC(=NCc1nc(C)no1)NCC.I. The van der Waals surface area contributed by atoms with Gasteiger partial charge in [-0.15, -0.1) is 24.0 Å². The molecule has 0 spiro atoms. The minimum Gasteiger partial charge on any atom is -0.357 e. The molecule has 2 N–H and O–H groups in total. The van der Waals surface area contributed by atoms with E-state index in [4.69, 9.17) is 4.52 Å². The predicted octanol–water partition coefficient (Wildman–Crippen LogP) is 4.19. The summed E-state index contributed by atoms with van der Waals surface area (Å²) in [6.07, 6.45) is 10.6. The highest BCUT2D eigenvalue weighted by Crippen LogP contribution is 2.07. The highest BCUT2D eigenvalue weighted by molar-refractivity contribution is 14.0. The predicted molar refractivity (Wildman–Crippen MR) is 110 cm³/mol. The molecule has 0 bridgehead atoms. The van der Waals surface area contributed by atoms with Crippen molar-refractivity contribution >= 4 is 29.9 Å². The molecule has 7 heteroatoms. The first-order chi connectivity index (χ1) is 11.3. The standard InChI is InChI=1S/C17H33N5O.HI/c1-4-6-7-8-9-10-11-12-13-19-17(18-5-2)20-14-16-21-15(3)22-23-16;/h4-14H2,1-3H3,(H2,18,19,20);1H. The molecule has 140 valence electrons. The topological polar surface area (TPSA) is 75.3 Å². The molecule has 0 atom stereocenters. The summed E-state index contributed by atoms with van der Waals surface area (Å²) in [5, 5.41) is 10.4. The molecule has 0 fully saturated rings. The van der Waals surface area contributed by atoms with Gasteiger partial charge in [0.15, 0.2) is 11.8 Å². The lowest BCUT2D eigenvalue weighted by atomic mass is 10.1. The van der Waals surface area contributed by atoms with E-state index < -0.39 is 0 Å². The number of rotatable bonds is 12. The van der Waals surface area contributed by atoms with Gasteiger partial charge in [0.25, 0.3) is 0 Å². The van der Waals surface area contributed by atoms with Gasteiger partial charge < -0.3 is 15.2 Å². The maximum Gasteiger partial charge on any atom is 0.248 e. The van der Waals surface area contributed by atoms with Gasteiger partial charge in [-0.2, -0.15) is 4.98 Å². The number of hydrogen-bond acceptors (Lipinski definition) is 4. The van der Waals surface area contributed by atoms with Gasteiger partial charge in [0.1, 0.15) is 6.54 Å². The number of nitrogens with zero attached hydrogens (tertiary/aromatic N) is 3. The molecular weight excluding hydrogens is 417 g/mol. The number of unbranched alkanes of at least 4 members (excludes halogenated alkanes) is 7. The Labute approximate surface area is 163 Å². The van der Waals surface area contributed by atoms with E-state index in [2.05, 4.69) is 39.6 Å². The lowest BCUT2D eigenvalue weighted by molar-refractivity contribution is 0.376. The van der Waals surface area contributed by atoms with Crippen LogP contribution in [-0.2, 0) is 6.54 Å². The lowest BCUT2D eigenvalue weighted by Crippen LogP contribution is -2.37. The molecule has 0 aliphatic heterocycles. The first-order valence-electron chi connectivity index (χ1n) is 9.07. The van der Waals surface area contributed by atoms with Crippen molar-refractivity contribution in [3.8, 4) is 0 Å². The fourth-order valence-corrected chi connectivity index (χ4v) is 2.36. The number of aryl methyl sites for hydroxylation is 1. The Bertz CT molecular complexity index is 436. The molecule has 0 radical (unpaired) electrons. The summed E-state index contributed by atoms with van der Waals surface area (Å²) < 4.78 is 5.07. The normalized spacial score (nSPS) is 11.2. The van der Waals surface area contributed by atoms with E-state index in [1.54, 1.807) is 0 Å². The Morgan fingerprint density at radius 3 is 2.25 bits per heavy atom. The monoisotopic (exact) mass is 451 g/mol. The van der Waals surface area contributed by atoms with Crippen LogP contribution >= 0.6 is 24.0 Å². The zero-order valence-corrected chi connectivity index (χ0v) is 17.8. The number of guanidine groups is 1. The molecule has 0 aliphatic rings. The van der Waals surface area contributed by atoms with Gasteiger partial charge in [-0.25, -0.2) is 4.99 Å². The summed E-state index contributed by atoms with van der Waals surface area (Å²) in [4.78, 5) is 8.62. The molecule has 1 aromatic rings. The Morgan fingerprint density at radius 1 is 1.00 bits per heavy atom. The molecular formula is C17H34IN5O. The van der Waals surface area contributed by atoms with Crippen LogP contribution in [0.1, 0.15) is 76.9 Å². The molecule has 6 nitrogen and oxygen atoms in total. The fourth-order valence-electron chi connectivity index (χ4n) is 2.36. The van der Waals surface area contributed by atoms with E-state index in [0.29, 0.717) is 18.3 Å². The average Bonchev–Trinajstić information content (AvgIpc) is 2.96. The van der Waals surface area contributed by atoms with E-state index in [-0.39, 0.29) is 24.0 Å². The quantitative estimate of drug-likeness (QED) is 0.216. The van der Waals surface area contributed by atoms with Crippen LogP contribution in [0.2, 0.25) is 0 Å². The van der Waals surface area contributed by atoms with E-state index in [1.807, 2.05) is 6.92 Å². The van der Waals surface area contributed by atoms with Gasteiger partial charge in [-0.1, -0.05) is 57.0 Å². The van der Waals surface area contributed by atoms with Gasteiger partial charge in [-0.05, 0) is 20.3 Å². The molecule has 1 rings (SSSR count). The molecule has 0 unspecified atom stereocenters. The summed E-state index contributed by atoms with van der Waals surface area (Å²) in [5.74, 6) is 2.00. The summed E-state index contributed by atoms with van der Waals surface area (Å²) in [5.41, 5.74) is 0. The molecule has 0 aromatic carbocycles. The van der Waals surface area contributed by atoms with Crippen LogP contribution in [0.5, 0.6) is 0 Å². The Kier molecular flexibility index (Phi) is 15.1. The van der Waals surface area contributed by atoms with E-state index >= 15 is 0 Å². The highest BCUT2D eigenvalue weighted by Gasteiger charge is 2.02. The van der Waals surface area contributed by atoms with E-state index in [0.717, 1.165) is 19.0 Å². The third kappa shape index (κ3) is 11.6. The van der Waals surface area contributed by atoms with Crippen LogP contribution in [0.15, 0.2) is 9.52 Å². The van der Waals surface area contributed by atoms with Crippen LogP contribution in [0, 0.1) is 6.92 Å². The van der Waals surface area contributed by atoms with Crippen LogP contribution < -0.4 is 10.6 Å². The van der Waals surface area contributed by atoms with Crippen molar-refractivity contribution < 1.29 is 4.52 Å². The third-order valence-corrected chi connectivity index (χ3v) is 3.61. The fraction of sp³-hybridized carbons (Fsp3) is 0.824. The molecule has 1 aromatic heterocycles. The lowest BCUT2D eigenvalue weighted by Gasteiger charge is -2.10. The van der Waals surface area contributed by atoms with Crippen molar-refractivity contribution in [1.29, 1.82) is 0 Å². The Hall–Kier alpha value is -0.860. The molecule has 1 heterocycles. The summed E-state index contributed by atoms with van der Waals surface area (Å²) in [6.45, 7) is 8.32. The second-order valence-electron chi connectivity index (χ2n) is 5.83. The highest BCUT2D eigenvalue weighted by atomic mass is 127. The first kappa shape index (κ1) is 23.1. The number of aliphatic imine (C=N–C) groups is 1. The summed E-state index contributed by atoms with van der Waals surface area (Å²) in [6, 6.07) is 0. The van der Waals surface area contributed by atoms with Gasteiger partial charge in [0.05, 0.1) is 0 Å². The largest absolute Gasteiger partial charge is 0.357 e. The van der Waals surface area contributed by atoms with Crippen LogP contribution in [0.25, 0.3) is 0 Å². The summed E-state index contributed by atoms with van der Waals surface area (Å²) in [7, 11) is 0. The maximum absolute atomic E-state index is 5.07. The molecule has 0 aliphatic carbocycles. The zero-order valence-electron chi connectivity index (χ0n) is 15.4. The van der Waals surface area contributed by atoms with Gasteiger partial charge >= 0.3 is 0 Å². The first-order valence-corrected chi connectivity index (χ1v) is 9.07. The second-order valence-corrected chi connectivity index (χ2v) is 5.83. The minimum atomic E-state index is 0. The van der Waals surface area contributed by atoms with E-state index in [1.165, 1.54) is 51.4 Å². The number of nitrogens with one attached hydrogen (secondary N) is 2. The Morgan fingerprint density at radius 2 is 1.67 bits per heavy atom. The zero-order chi connectivity index (χ0) is 16.8. The van der Waals surface area contributed by atoms with Crippen molar-refractivity contribution in [2.24, 2.45) is 4.99 Å². The van der Waals surface area contributed by atoms with Crippen molar-refractivity contribution in [2.45, 2.75) is 78.7 Å². The molecule has 0 saturated heterocycles. The molecule has 0 amide bonds. The maximum atomic E-state index is 5.07. The van der Waals surface area contributed by atoms with Crippen LogP contribution in [0.3, 0.4) is 0 Å². The van der Waals surface area contributed by atoms with Crippen molar-refractivity contribution in [3.63, 3.8) is 0 Å². The van der Waals surface area contributed by atoms with Crippen molar-refractivity contribution in [3.05, 3.63) is 11.7 Å². The minimum absolute atomic E-state index is 0. The number of halogens is 1. The van der Waals surface area contributed by atoms with Crippen LogP contribution in [-0.4, -0.2) is 29.2 Å². The van der Waals surface area contributed by atoms with Gasteiger partial charge in [-0.3, -0.25) is 0 Å². The second kappa shape index (κ2) is 15.7. The number of hydrogen-bond donors (Lipinski definition) is 2. The molecule has 24 heavy (non-hydrogen) atoms. The average molecular weight is 451 g/mol. The van der Waals surface area contributed by atoms with Gasteiger partial charge in [0.2, 0.25) is 5.89 Å². The molecule has 0 saturated carbocycles. The Balaban J connectivity index is 0.00000529. The van der Waals surface area contributed by atoms with Crippen molar-refractivity contribution in [1.82, 2.24) is 20.8 Å². The van der Waals surface area contributed by atoms with E-state index in [9.17, 15) is 0 Å². The summed E-state index contributed by atoms with van der Waals surface area (Å²) >= 11 is 0. The van der Waals surface area contributed by atoms with Crippen molar-refractivity contribution in [2.75, 3.05) is 13.1 Å². The smallest absolute Gasteiger partial charge is 0.248 e. The third-order valence-electron chi connectivity index (χ3n) is 3.61. The number of aromatic nitrogens is 2. The van der Waals surface area contributed by atoms with Gasteiger partial charge in [0, 0.05) is 13.1 Å². The van der Waals surface area contributed by atoms with Crippen LogP contribution in [0.4, 0.5) is 0 Å².